The zero-order valence-corrected chi connectivity index (χ0v) is 19.5. The van der Waals surface area contributed by atoms with Crippen molar-refractivity contribution < 1.29 is 8.98 Å². The van der Waals surface area contributed by atoms with Gasteiger partial charge in [0.1, 0.15) is 11.2 Å². The van der Waals surface area contributed by atoms with E-state index in [0.717, 1.165) is 17.6 Å². The molecule has 7 rings (SSSR count). The van der Waals surface area contributed by atoms with Gasteiger partial charge in [0.15, 0.2) is 11.7 Å². The molecule has 2 unspecified atom stereocenters. The Labute approximate surface area is 189 Å². The highest BCUT2D eigenvalue weighted by atomic mass is 16.3. The predicted octanol–water partition coefficient (Wildman–Crippen LogP) is 7.41. The van der Waals surface area contributed by atoms with Crippen LogP contribution in [0.5, 0.6) is 0 Å². The first-order chi connectivity index (χ1) is 15.3. The molecule has 3 aliphatic rings. The molecule has 2 aromatic carbocycles. The van der Waals surface area contributed by atoms with Crippen LogP contribution >= 0.6 is 0 Å². The van der Waals surface area contributed by atoms with E-state index in [2.05, 4.69) is 87.0 Å². The Bertz CT molecular complexity index is 1490. The van der Waals surface area contributed by atoms with Crippen molar-refractivity contribution in [3.8, 4) is 11.3 Å². The van der Waals surface area contributed by atoms with Crippen molar-refractivity contribution in [2.75, 3.05) is 0 Å². The average Bonchev–Trinajstić information content (AvgIpc) is 3.15. The fraction of sp³-hybridized carbons (Fsp3) is 0.367. The number of nitrogens with zero attached hydrogens (tertiary/aromatic N) is 1. The fourth-order valence-corrected chi connectivity index (χ4v) is 7.19. The highest BCUT2D eigenvalue weighted by Crippen LogP contribution is 2.55. The zero-order chi connectivity index (χ0) is 21.9. The van der Waals surface area contributed by atoms with Gasteiger partial charge in [-0.1, -0.05) is 52.0 Å². The average molecular weight is 421 g/mol. The van der Waals surface area contributed by atoms with E-state index in [4.69, 9.17) is 4.42 Å². The lowest BCUT2D eigenvalue weighted by Crippen LogP contribution is -2.55. The van der Waals surface area contributed by atoms with Crippen LogP contribution in [0.4, 0.5) is 0 Å². The Kier molecular flexibility index (Phi) is 3.34. The van der Waals surface area contributed by atoms with Gasteiger partial charge in [-0.25, -0.2) is 0 Å². The molecule has 2 nitrogen and oxygen atoms in total. The Hall–Kier alpha value is -2.87. The number of furan rings is 1. The second kappa shape index (κ2) is 5.73. The smallest absolute Gasteiger partial charge is 0.214 e. The normalized spacial score (nSPS) is 26.9. The fourth-order valence-electron chi connectivity index (χ4n) is 7.19. The molecule has 2 aromatic heterocycles. The van der Waals surface area contributed by atoms with Crippen LogP contribution in [0.3, 0.4) is 0 Å². The molecule has 0 fully saturated rings. The van der Waals surface area contributed by atoms with Crippen LogP contribution in [0, 0.1) is 0 Å². The van der Waals surface area contributed by atoms with Gasteiger partial charge in [-0.05, 0) is 59.1 Å². The lowest BCUT2D eigenvalue weighted by atomic mass is 9.75. The van der Waals surface area contributed by atoms with Crippen molar-refractivity contribution in [2.24, 2.45) is 0 Å². The topological polar surface area (TPSA) is 17.0 Å². The van der Waals surface area contributed by atoms with E-state index in [0.29, 0.717) is 0 Å². The third kappa shape index (κ3) is 2.18. The van der Waals surface area contributed by atoms with E-state index in [-0.39, 0.29) is 16.4 Å². The van der Waals surface area contributed by atoms with Crippen molar-refractivity contribution in [3.05, 3.63) is 71.4 Å². The number of rotatable bonds is 1. The summed E-state index contributed by atoms with van der Waals surface area (Å²) in [4.78, 5) is 0. The SMILES string of the molecule is CCC12C=Cc3cc4oc5ccccc5c4cc3-c3cc4c(c[n+]31)C(C)(CC2)CC4(C)C. The number of hydrogen-bond acceptors (Lipinski definition) is 1. The minimum absolute atomic E-state index is 0.0318. The lowest BCUT2D eigenvalue weighted by Gasteiger charge is -2.30. The number of pyridine rings is 1. The summed E-state index contributed by atoms with van der Waals surface area (Å²) in [5.74, 6) is 0. The second-order valence-corrected chi connectivity index (χ2v) is 11.3. The lowest BCUT2D eigenvalue weighted by molar-refractivity contribution is -0.743. The Morgan fingerprint density at radius 3 is 2.62 bits per heavy atom. The number of para-hydroxylation sites is 1. The first-order valence-electron chi connectivity index (χ1n) is 12.1. The maximum atomic E-state index is 6.24. The Balaban J connectivity index is 1.61. The molecule has 1 aliphatic carbocycles. The molecular formula is C30H30NO+. The first-order valence-corrected chi connectivity index (χ1v) is 12.1. The molecule has 0 radical (unpaired) electrons. The van der Waals surface area contributed by atoms with E-state index < -0.39 is 0 Å². The maximum absolute atomic E-state index is 6.24. The van der Waals surface area contributed by atoms with Gasteiger partial charge in [-0.3, -0.25) is 0 Å². The highest BCUT2D eigenvalue weighted by Gasteiger charge is 2.53. The van der Waals surface area contributed by atoms with E-state index in [1.807, 2.05) is 6.07 Å². The van der Waals surface area contributed by atoms with Crippen molar-refractivity contribution in [1.82, 2.24) is 0 Å². The Morgan fingerprint density at radius 1 is 0.938 bits per heavy atom. The predicted molar refractivity (Wildman–Crippen MR) is 131 cm³/mol. The van der Waals surface area contributed by atoms with Crippen molar-refractivity contribution in [2.45, 2.75) is 69.7 Å². The number of hydrogen-bond donors (Lipinski definition) is 0. The minimum Gasteiger partial charge on any atom is -0.456 e. The van der Waals surface area contributed by atoms with E-state index in [9.17, 15) is 0 Å². The summed E-state index contributed by atoms with van der Waals surface area (Å²) in [5, 5.41) is 2.41. The molecule has 0 amide bonds. The van der Waals surface area contributed by atoms with Gasteiger partial charge in [-0.15, -0.1) is 0 Å². The number of benzene rings is 2. The van der Waals surface area contributed by atoms with Crippen LogP contribution in [-0.4, -0.2) is 0 Å². The van der Waals surface area contributed by atoms with E-state index >= 15 is 0 Å². The van der Waals surface area contributed by atoms with Crippen LogP contribution in [-0.2, 0) is 16.4 Å². The Morgan fingerprint density at radius 2 is 1.78 bits per heavy atom. The maximum Gasteiger partial charge on any atom is 0.214 e. The summed E-state index contributed by atoms with van der Waals surface area (Å²) in [7, 11) is 0. The number of fused-ring (bicyclic) bond motifs is 5. The van der Waals surface area contributed by atoms with Gasteiger partial charge < -0.3 is 4.42 Å². The summed E-state index contributed by atoms with van der Waals surface area (Å²) < 4.78 is 8.87. The quantitative estimate of drug-likeness (QED) is 0.293. The molecule has 0 N–H and O–H groups in total. The second-order valence-electron chi connectivity index (χ2n) is 11.3. The van der Waals surface area contributed by atoms with E-state index in [1.165, 1.54) is 46.9 Å². The molecule has 160 valence electrons. The largest absolute Gasteiger partial charge is 0.456 e. The number of allylic oxidation sites excluding steroid dienone is 1. The van der Waals surface area contributed by atoms with Crippen LogP contribution in [0.1, 0.15) is 70.1 Å². The molecule has 4 aromatic rings. The molecule has 2 aliphatic heterocycles. The zero-order valence-electron chi connectivity index (χ0n) is 19.5. The molecule has 0 spiro atoms. The van der Waals surface area contributed by atoms with Gasteiger partial charge >= 0.3 is 0 Å². The summed E-state index contributed by atoms with van der Waals surface area (Å²) in [6, 6.07) is 15.6. The van der Waals surface area contributed by atoms with Crippen molar-refractivity contribution in [1.29, 1.82) is 0 Å². The summed E-state index contributed by atoms with van der Waals surface area (Å²) in [5.41, 5.74) is 9.52. The summed E-state index contributed by atoms with van der Waals surface area (Å²) >= 11 is 0. The van der Waals surface area contributed by atoms with Gasteiger partial charge in [0.25, 0.3) is 0 Å². The summed E-state index contributed by atoms with van der Waals surface area (Å²) in [6.45, 7) is 9.72. The van der Waals surface area contributed by atoms with Crippen LogP contribution < -0.4 is 4.57 Å². The molecule has 2 heteroatoms. The van der Waals surface area contributed by atoms with Crippen LogP contribution in [0.2, 0.25) is 0 Å². The molecule has 32 heavy (non-hydrogen) atoms. The van der Waals surface area contributed by atoms with Crippen molar-refractivity contribution in [3.63, 3.8) is 0 Å². The van der Waals surface area contributed by atoms with Crippen LogP contribution in [0.25, 0.3) is 39.3 Å². The van der Waals surface area contributed by atoms with Gasteiger partial charge in [0.05, 0.1) is 5.56 Å². The molecular weight excluding hydrogens is 390 g/mol. The standard InChI is InChI=1S/C30H30NO/c1-5-30-11-10-19-14-27-22(20-8-6-7-9-26(20)32-27)15-21(19)25-16-23-24(17-31(25)30)29(4,12-13-30)18-28(23,2)3/h6-11,14-17H,5,12-13,18H2,1-4H3/q+1. The summed E-state index contributed by atoms with van der Waals surface area (Å²) in [6.07, 6.45) is 12.2. The van der Waals surface area contributed by atoms with Gasteiger partial charge in [-0.2, -0.15) is 4.57 Å². The molecule has 0 saturated heterocycles. The minimum atomic E-state index is 0.0318. The van der Waals surface area contributed by atoms with Gasteiger partial charge in [0.2, 0.25) is 5.69 Å². The molecule has 2 bridgehead atoms. The van der Waals surface area contributed by atoms with Crippen molar-refractivity contribution >= 4 is 28.0 Å². The monoisotopic (exact) mass is 420 g/mol. The highest BCUT2D eigenvalue weighted by molar-refractivity contribution is 6.07. The molecule has 0 saturated carbocycles. The molecule has 4 heterocycles. The first kappa shape index (κ1) is 18.7. The third-order valence-electron chi connectivity index (χ3n) is 8.90. The third-order valence-corrected chi connectivity index (χ3v) is 8.90. The van der Waals surface area contributed by atoms with Crippen LogP contribution in [0.15, 0.2) is 59.2 Å². The van der Waals surface area contributed by atoms with E-state index in [1.54, 1.807) is 11.1 Å². The molecule has 2 atom stereocenters. The van der Waals surface area contributed by atoms with Gasteiger partial charge in [0, 0.05) is 35.2 Å². The number of aromatic nitrogens is 1.